The number of nitrogens with one attached hydrogen (secondary N) is 1. The third-order valence-electron chi connectivity index (χ3n) is 5.21. The van der Waals surface area contributed by atoms with Crippen molar-refractivity contribution in [3.63, 3.8) is 0 Å². The number of hydrogen-bond donors (Lipinski definition) is 2. The minimum absolute atomic E-state index is 0.251. The minimum atomic E-state index is 0.251. The van der Waals surface area contributed by atoms with Crippen LogP contribution in [0.4, 0.5) is 5.69 Å². The molecule has 0 aromatic heterocycles. The topological polar surface area (TPSA) is 74.2 Å². The van der Waals surface area contributed by atoms with E-state index in [0.717, 1.165) is 44.3 Å². The molecular weight excluding hydrogens is 284 g/mol. The molecule has 0 bridgehead atoms. The lowest BCUT2D eigenvalue weighted by atomic mass is 9.83. The van der Waals surface area contributed by atoms with Crippen LogP contribution in [0.5, 0.6) is 0 Å². The molecule has 0 unspecified atom stereocenters. The van der Waals surface area contributed by atoms with Gasteiger partial charge < -0.3 is 11.1 Å². The molecule has 1 fully saturated rings. The summed E-state index contributed by atoms with van der Waals surface area (Å²) in [6.45, 7) is 0.770. The highest BCUT2D eigenvalue weighted by molar-refractivity contribution is 5.93. The Balaban J connectivity index is 1.57. The van der Waals surface area contributed by atoms with E-state index >= 15 is 0 Å². The Morgan fingerprint density at radius 3 is 2.78 bits per heavy atom. The first-order valence-electron chi connectivity index (χ1n) is 8.83. The van der Waals surface area contributed by atoms with Crippen molar-refractivity contribution in [3.8, 4) is 6.07 Å². The van der Waals surface area contributed by atoms with Gasteiger partial charge in [-0.15, -0.1) is 0 Å². The number of hydrogen-bond acceptors (Lipinski definition) is 2. The largest absolute Gasteiger partial charge is 0.370 e. The molecule has 0 amide bonds. The first kappa shape index (κ1) is 15.9. The number of benzene rings is 1. The molecule has 0 aliphatic heterocycles. The second kappa shape index (κ2) is 7.50. The molecule has 3 rings (SSSR count). The molecule has 0 radical (unpaired) electrons. The van der Waals surface area contributed by atoms with Crippen molar-refractivity contribution >= 4 is 11.6 Å². The molecule has 1 aromatic carbocycles. The number of rotatable bonds is 3. The predicted octanol–water partition coefficient (Wildman–Crippen LogP) is 3.62. The van der Waals surface area contributed by atoms with Gasteiger partial charge in [0.25, 0.3) is 0 Å². The molecule has 122 valence electrons. The summed E-state index contributed by atoms with van der Waals surface area (Å²) in [5.41, 5.74) is 10.1. The summed E-state index contributed by atoms with van der Waals surface area (Å²) < 4.78 is 0. The molecule has 23 heavy (non-hydrogen) atoms. The highest BCUT2D eigenvalue weighted by Crippen LogP contribution is 2.29. The highest BCUT2D eigenvalue weighted by Gasteiger charge is 2.20. The Morgan fingerprint density at radius 2 is 2.00 bits per heavy atom. The third-order valence-corrected chi connectivity index (χ3v) is 5.21. The van der Waals surface area contributed by atoms with E-state index in [1.54, 1.807) is 0 Å². The van der Waals surface area contributed by atoms with Crippen LogP contribution in [0.25, 0.3) is 0 Å². The summed E-state index contributed by atoms with van der Waals surface area (Å²) in [5, 5.41) is 12.3. The summed E-state index contributed by atoms with van der Waals surface area (Å²) in [6, 6.07) is 8.80. The van der Waals surface area contributed by atoms with Crippen molar-refractivity contribution in [1.29, 1.82) is 5.26 Å². The molecule has 1 aromatic rings. The van der Waals surface area contributed by atoms with Gasteiger partial charge >= 0.3 is 0 Å². The Hall–Kier alpha value is -2.02. The van der Waals surface area contributed by atoms with Gasteiger partial charge in [0.1, 0.15) is 0 Å². The molecule has 4 heteroatoms. The van der Waals surface area contributed by atoms with E-state index in [-0.39, 0.29) is 5.92 Å². The van der Waals surface area contributed by atoms with Crippen molar-refractivity contribution in [2.24, 2.45) is 22.6 Å². The van der Waals surface area contributed by atoms with Gasteiger partial charge in [-0.2, -0.15) is 5.26 Å². The molecule has 1 saturated carbocycles. The molecule has 4 nitrogen and oxygen atoms in total. The zero-order chi connectivity index (χ0) is 16.1. The van der Waals surface area contributed by atoms with Gasteiger partial charge in [-0.3, -0.25) is 4.99 Å². The number of aryl methyl sites for hydroxylation is 1. The summed E-state index contributed by atoms with van der Waals surface area (Å²) in [6.07, 6.45) is 9.04. The molecule has 0 atom stereocenters. The van der Waals surface area contributed by atoms with Crippen molar-refractivity contribution in [1.82, 2.24) is 0 Å². The van der Waals surface area contributed by atoms with Gasteiger partial charge in [0.05, 0.1) is 6.07 Å². The minimum Gasteiger partial charge on any atom is -0.370 e. The normalized spacial score (nSPS) is 24.6. The maximum atomic E-state index is 8.95. The van der Waals surface area contributed by atoms with Gasteiger partial charge in [-0.05, 0) is 74.5 Å². The summed E-state index contributed by atoms with van der Waals surface area (Å²) in [4.78, 5) is 4.54. The van der Waals surface area contributed by atoms with Crippen LogP contribution in [0.15, 0.2) is 23.2 Å². The first-order chi connectivity index (χ1) is 11.3. The maximum Gasteiger partial charge on any atom is 0.193 e. The van der Waals surface area contributed by atoms with Crippen LogP contribution in [0.1, 0.15) is 49.7 Å². The van der Waals surface area contributed by atoms with Crippen LogP contribution in [0.2, 0.25) is 0 Å². The zero-order valence-corrected chi connectivity index (χ0v) is 13.7. The van der Waals surface area contributed by atoms with Gasteiger partial charge in [0.2, 0.25) is 0 Å². The van der Waals surface area contributed by atoms with E-state index < -0.39 is 0 Å². The number of nitrogens with zero attached hydrogens (tertiary/aromatic N) is 2. The standard InChI is InChI=1S/C19H26N4/c20-12-14-8-10-15(11-9-14)13-22-19(21)23-18-7-3-5-16-4-1-2-6-17(16)18/h3,5,7,14-15H,1-2,4,6,8-11,13H2,(H3,21,22,23). The predicted molar refractivity (Wildman–Crippen MR) is 94.3 cm³/mol. The van der Waals surface area contributed by atoms with Crippen LogP contribution >= 0.6 is 0 Å². The number of guanidine groups is 1. The Bertz CT molecular complexity index is 606. The number of fused-ring (bicyclic) bond motifs is 1. The highest BCUT2D eigenvalue weighted by atomic mass is 15.1. The number of nitrogens with two attached hydrogens (primary N) is 1. The van der Waals surface area contributed by atoms with E-state index in [1.165, 1.54) is 30.4 Å². The molecular formula is C19H26N4. The number of nitriles is 1. The number of anilines is 1. The van der Waals surface area contributed by atoms with E-state index in [9.17, 15) is 0 Å². The van der Waals surface area contributed by atoms with Crippen molar-refractivity contribution in [2.75, 3.05) is 11.9 Å². The fourth-order valence-corrected chi connectivity index (χ4v) is 3.78. The maximum absolute atomic E-state index is 8.95. The monoisotopic (exact) mass is 310 g/mol. The fraction of sp³-hybridized carbons (Fsp3) is 0.579. The van der Waals surface area contributed by atoms with Gasteiger partial charge in [0, 0.05) is 18.2 Å². The molecule has 0 saturated heterocycles. The SMILES string of the molecule is N#CC1CCC(CN=C(N)Nc2cccc3c2CCCC3)CC1. The van der Waals surface area contributed by atoms with Crippen LogP contribution < -0.4 is 11.1 Å². The van der Waals surface area contributed by atoms with Crippen LogP contribution in [-0.2, 0) is 12.8 Å². The van der Waals surface area contributed by atoms with Crippen molar-refractivity contribution < 1.29 is 0 Å². The molecule has 2 aliphatic carbocycles. The fourth-order valence-electron chi connectivity index (χ4n) is 3.78. The molecule has 2 aliphatic rings. The average Bonchev–Trinajstić information content (AvgIpc) is 2.61. The molecule has 0 heterocycles. The number of aliphatic imine (C=N–C) groups is 1. The zero-order valence-electron chi connectivity index (χ0n) is 13.7. The van der Waals surface area contributed by atoms with Gasteiger partial charge in [-0.1, -0.05) is 12.1 Å². The van der Waals surface area contributed by atoms with Crippen LogP contribution in [-0.4, -0.2) is 12.5 Å². The smallest absolute Gasteiger partial charge is 0.193 e. The Morgan fingerprint density at radius 1 is 1.22 bits per heavy atom. The van der Waals surface area contributed by atoms with Crippen LogP contribution in [0.3, 0.4) is 0 Å². The quantitative estimate of drug-likeness (QED) is 0.661. The summed E-state index contributed by atoms with van der Waals surface area (Å²) in [5.74, 6) is 1.34. The van der Waals surface area contributed by atoms with Gasteiger partial charge in [-0.25, -0.2) is 0 Å². The van der Waals surface area contributed by atoms with E-state index in [1.807, 2.05) is 0 Å². The molecule has 3 N–H and O–H groups in total. The molecule has 0 spiro atoms. The second-order valence-corrected chi connectivity index (χ2v) is 6.85. The van der Waals surface area contributed by atoms with Crippen LogP contribution in [0, 0.1) is 23.2 Å². The van der Waals surface area contributed by atoms with Crippen molar-refractivity contribution in [2.45, 2.75) is 51.4 Å². The lowest BCUT2D eigenvalue weighted by Crippen LogP contribution is -2.26. The van der Waals surface area contributed by atoms with E-state index in [2.05, 4.69) is 34.6 Å². The van der Waals surface area contributed by atoms with E-state index in [4.69, 9.17) is 11.0 Å². The Kier molecular flexibility index (Phi) is 5.17. The lowest BCUT2D eigenvalue weighted by molar-refractivity contribution is 0.322. The van der Waals surface area contributed by atoms with E-state index in [0.29, 0.717) is 11.9 Å². The second-order valence-electron chi connectivity index (χ2n) is 6.85. The Labute approximate surface area is 138 Å². The average molecular weight is 310 g/mol. The summed E-state index contributed by atoms with van der Waals surface area (Å²) in [7, 11) is 0. The summed E-state index contributed by atoms with van der Waals surface area (Å²) >= 11 is 0. The van der Waals surface area contributed by atoms with Crippen molar-refractivity contribution in [3.05, 3.63) is 29.3 Å². The first-order valence-corrected chi connectivity index (χ1v) is 8.83. The van der Waals surface area contributed by atoms with Gasteiger partial charge in [0.15, 0.2) is 5.96 Å². The lowest BCUT2D eigenvalue weighted by Gasteiger charge is -2.23. The third kappa shape index (κ3) is 4.04.